The van der Waals surface area contributed by atoms with E-state index in [2.05, 4.69) is 25.6 Å². The molecule has 0 aliphatic carbocycles. The Balaban J connectivity index is 1.56. The second-order valence-electron chi connectivity index (χ2n) is 8.45. The number of para-hydroxylation sites is 2. The van der Waals surface area contributed by atoms with Gasteiger partial charge in [-0.15, -0.1) is 0 Å². The molecule has 13 heteroatoms. The first-order chi connectivity index (χ1) is 20.0. The fourth-order valence-corrected chi connectivity index (χ4v) is 4.33. The molecule has 0 aliphatic heterocycles. The highest BCUT2D eigenvalue weighted by atomic mass is 16.5. The molecule has 0 unspecified atom stereocenters. The summed E-state index contributed by atoms with van der Waals surface area (Å²) < 4.78 is 34.6. The van der Waals surface area contributed by atoms with Crippen LogP contribution >= 0.6 is 0 Å². The van der Waals surface area contributed by atoms with Gasteiger partial charge in [-0.1, -0.05) is 12.1 Å². The molecule has 2 N–H and O–H groups in total. The lowest BCUT2D eigenvalue weighted by Crippen LogP contribution is -2.09. The number of benzene rings is 3. The molecule has 0 bridgehead atoms. The quantitative estimate of drug-likeness (QED) is 0.231. The fraction of sp³-hybridized carbons (Fsp3) is 0.214. The number of rotatable bonds is 11. The van der Waals surface area contributed by atoms with Gasteiger partial charge in [0, 0.05) is 35.6 Å². The Morgan fingerprint density at radius 1 is 0.610 bits per heavy atom. The van der Waals surface area contributed by atoms with Crippen molar-refractivity contribution in [2.45, 2.75) is 0 Å². The number of hydrogen-bond donors (Lipinski definition) is 2. The molecular formula is C28H29N7O6. The summed E-state index contributed by atoms with van der Waals surface area (Å²) in [6, 6.07) is 14.8. The van der Waals surface area contributed by atoms with Crippen molar-refractivity contribution in [2.75, 3.05) is 53.3 Å². The van der Waals surface area contributed by atoms with Crippen molar-refractivity contribution in [2.24, 2.45) is 0 Å². The number of aromatic nitrogens is 5. The number of imidazole rings is 1. The summed E-state index contributed by atoms with van der Waals surface area (Å²) in [5, 5.41) is 6.53. The van der Waals surface area contributed by atoms with Crippen LogP contribution in [0.2, 0.25) is 0 Å². The van der Waals surface area contributed by atoms with E-state index in [0.29, 0.717) is 63.7 Å². The van der Waals surface area contributed by atoms with Gasteiger partial charge < -0.3 is 39.1 Å². The molecule has 5 rings (SSSR count). The molecular weight excluding hydrogens is 530 g/mol. The van der Waals surface area contributed by atoms with Crippen molar-refractivity contribution >= 4 is 34.3 Å². The first kappa shape index (κ1) is 27.1. The van der Waals surface area contributed by atoms with Crippen LogP contribution in [0.15, 0.2) is 54.9 Å². The van der Waals surface area contributed by atoms with Crippen LogP contribution in [-0.2, 0) is 0 Å². The molecule has 0 saturated carbocycles. The number of ether oxygens (including phenoxy) is 6. The third-order valence-corrected chi connectivity index (χ3v) is 6.16. The van der Waals surface area contributed by atoms with E-state index in [1.165, 1.54) is 6.33 Å². The maximum absolute atomic E-state index is 5.51. The Bertz CT molecular complexity index is 1640. The normalized spacial score (nSPS) is 10.7. The van der Waals surface area contributed by atoms with E-state index in [1.54, 1.807) is 71.5 Å². The predicted molar refractivity (Wildman–Crippen MR) is 153 cm³/mol. The zero-order chi connectivity index (χ0) is 28.9. The molecule has 212 valence electrons. The van der Waals surface area contributed by atoms with Crippen LogP contribution in [0.5, 0.6) is 34.5 Å². The van der Waals surface area contributed by atoms with Crippen LogP contribution in [0.1, 0.15) is 0 Å². The van der Waals surface area contributed by atoms with Crippen LogP contribution in [0, 0.1) is 0 Å². The van der Waals surface area contributed by atoms with Crippen molar-refractivity contribution in [3.05, 3.63) is 54.9 Å². The van der Waals surface area contributed by atoms with E-state index >= 15 is 0 Å². The maximum atomic E-state index is 5.51. The monoisotopic (exact) mass is 559 g/mol. The average Bonchev–Trinajstić information content (AvgIpc) is 3.37. The van der Waals surface area contributed by atoms with Crippen LogP contribution in [-0.4, -0.2) is 67.2 Å². The molecule has 41 heavy (non-hydrogen) atoms. The van der Waals surface area contributed by atoms with E-state index in [4.69, 9.17) is 33.4 Å². The summed E-state index contributed by atoms with van der Waals surface area (Å²) in [5.41, 5.74) is 2.80. The summed E-state index contributed by atoms with van der Waals surface area (Å²) >= 11 is 0. The van der Waals surface area contributed by atoms with E-state index < -0.39 is 0 Å². The van der Waals surface area contributed by atoms with Crippen LogP contribution < -0.4 is 39.1 Å². The molecule has 0 spiro atoms. The van der Waals surface area contributed by atoms with E-state index in [9.17, 15) is 0 Å². The van der Waals surface area contributed by atoms with Gasteiger partial charge in [0.25, 0.3) is 0 Å². The SMILES string of the molecule is COc1cc(Nc2ncnc(-n3c(Nc4cc(OC)c(OC)c(OC)c4)nc4ccccc43)n2)cc(OC)c1OC. The Morgan fingerprint density at radius 2 is 1.15 bits per heavy atom. The first-order valence-corrected chi connectivity index (χ1v) is 12.3. The minimum Gasteiger partial charge on any atom is -0.493 e. The second-order valence-corrected chi connectivity index (χ2v) is 8.45. The first-order valence-electron chi connectivity index (χ1n) is 12.3. The van der Waals surface area contributed by atoms with Crippen molar-refractivity contribution in [1.82, 2.24) is 24.5 Å². The average molecular weight is 560 g/mol. The lowest BCUT2D eigenvalue weighted by Gasteiger charge is -2.16. The third kappa shape index (κ3) is 5.24. The number of methoxy groups -OCH3 is 6. The van der Waals surface area contributed by atoms with Gasteiger partial charge in [0.1, 0.15) is 6.33 Å². The van der Waals surface area contributed by atoms with Gasteiger partial charge in [0.15, 0.2) is 23.0 Å². The minimum absolute atomic E-state index is 0.292. The standard InChI is InChI=1S/C28H29N7O6/c1-36-20-11-16(12-21(37-2)24(20)40-5)31-26-29-15-30-27(34-26)35-19-10-8-7-9-18(19)33-28(35)32-17-13-22(38-3)25(41-6)23(14-17)39-4/h7-15H,1-6H3,(H,32,33)(H,29,30,31,34). The summed E-state index contributed by atoms with van der Waals surface area (Å²) in [6.07, 6.45) is 1.42. The molecule has 2 aromatic heterocycles. The maximum Gasteiger partial charge on any atom is 0.241 e. The lowest BCUT2D eigenvalue weighted by atomic mass is 10.2. The molecule has 0 amide bonds. The molecule has 5 aromatic rings. The molecule has 0 radical (unpaired) electrons. The molecule has 2 heterocycles. The summed E-state index contributed by atoms with van der Waals surface area (Å²) in [5.74, 6) is 4.01. The largest absolute Gasteiger partial charge is 0.493 e. The second kappa shape index (κ2) is 11.7. The lowest BCUT2D eigenvalue weighted by molar-refractivity contribution is 0.324. The smallest absolute Gasteiger partial charge is 0.241 e. The molecule has 0 atom stereocenters. The number of hydrogen-bond acceptors (Lipinski definition) is 12. The highest BCUT2D eigenvalue weighted by Gasteiger charge is 2.19. The van der Waals surface area contributed by atoms with E-state index in [1.807, 2.05) is 24.3 Å². The highest BCUT2D eigenvalue weighted by Crippen LogP contribution is 2.42. The Hall–Kier alpha value is -5.46. The molecule has 3 aromatic carbocycles. The van der Waals surface area contributed by atoms with Gasteiger partial charge in [0.05, 0.1) is 53.7 Å². The summed E-state index contributed by atoms with van der Waals surface area (Å²) in [6.45, 7) is 0. The number of nitrogens with zero attached hydrogens (tertiary/aromatic N) is 5. The van der Waals surface area contributed by atoms with Crippen molar-refractivity contribution in [1.29, 1.82) is 0 Å². The number of nitrogens with one attached hydrogen (secondary N) is 2. The van der Waals surface area contributed by atoms with Crippen molar-refractivity contribution < 1.29 is 28.4 Å². The van der Waals surface area contributed by atoms with Gasteiger partial charge in [-0.2, -0.15) is 4.98 Å². The molecule has 0 fully saturated rings. The van der Waals surface area contributed by atoms with Crippen molar-refractivity contribution in [3.63, 3.8) is 0 Å². The zero-order valence-corrected chi connectivity index (χ0v) is 23.4. The Labute approximate surface area is 236 Å². The third-order valence-electron chi connectivity index (χ3n) is 6.16. The van der Waals surface area contributed by atoms with E-state index in [0.717, 1.165) is 11.0 Å². The van der Waals surface area contributed by atoms with Gasteiger partial charge in [-0.3, -0.25) is 0 Å². The van der Waals surface area contributed by atoms with Gasteiger partial charge in [-0.05, 0) is 12.1 Å². The number of anilines is 4. The van der Waals surface area contributed by atoms with Gasteiger partial charge in [0.2, 0.25) is 29.3 Å². The number of fused-ring (bicyclic) bond motifs is 1. The topological polar surface area (TPSA) is 136 Å². The van der Waals surface area contributed by atoms with Crippen LogP contribution in [0.25, 0.3) is 17.0 Å². The zero-order valence-electron chi connectivity index (χ0n) is 23.4. The molecule has 13 nitrogen and oxygen atoms in total. The van der Waals surface area contributed by atoms with Gasteiger partial charge >= 0.3 is 0 Å². The minimum atomic E-state index is 0.292. The summed E-state index contributed by atoms with van der Waals surface area (Å²) in [4.78, 5) is 18.2. The summed E-state index contributed by atoms with van der Waals surface area (Å²) in [7, 11) is 9.32. The molecule has 0 aliphatic rings. The van der Waals surface area contributed by atoms with Crippen LogP contribution in [0.4, 0.5) is 23.3 Å². The molecule has 0 saturated heterocycles. The Morgan fingerprint density at radius 3 is 1.68 bits per heavy atom. The fourth-order valence-electron chi connectivity index (χ4n) is 4.33. The Kier molecular flexibility index (Phi) is 7.76. The predicted octanol–water partition coefficient (Wildman–Crippen LogP) is 4.75. The van der Waals surface area contributed by atoms with Crippen LogP contribution in [0.3, 0.4) is 0 Å². The van der Waals surface area contributed by atoms with E-state index in [-0.39, 0.29) is 0 Å². The van der Waals surface area contributed by atoms with Crippen molar-refractivity contribution in [3.8, 4) is 40.4 Å². The highest BCUT2D eigenvalue weighted by molar-refractivity contribution is 5.82. The van der Waals surface area contributed by atoms with Gasteiger partial charge in [-0.25, -0.2) is 19.5 Å².